The molecule has 0 aromatic carbocycles. The molecule has 4 nitrogen and oxygen atoms in total. The molecular weight excluding hydrogens is 334 g/mol. The Hall–Kier alpha value is -1.48. The first-order chi connectivity index (χ1) is 10.5. The summed E-state index contributed by atoms with van der Waals surface area (Å²) in [5.41, 5.74) is 0. The van der Waals surface area contributed by atoms with Gasteiger partial charge in [0, 0.05) is 0 Å². The maximum Gasteiger partial charge on any atom is 0.490 e. The Morgan fingerprint density at radius 1 is 0.565 bits per heavy atom. The Kier molecular flexibility index (Phi) is 9.66. The van der Waals surface area contributed by atoms with Crippen LogP contribution in [0.4, 0.5) is 26.3 Å². The Bertz CT molecular complexity index is 330. The average molecular weight is 352 g/mol. The monoisotopic (exact) mass is 352 g/mol. The van der Waals surface area contributed by atoms with Crippen molar-refractivity contribution >= 4 is 11.9 Å². The number of hydrogen-bond acceptors (Lipinski definition) is 4. The van der Waals surface area contributed by atoms with E-state index in [0.29, 0.717) is 38.5 Å². The minimum absolute atomic E-state index is 0.300. The molecule has 0 spiro atoms. The maximum absolute atomic E-state index is 11.8. The highest BCUT2D eigenvalue weighted by Crippen LogP contribution is 2.18. The molecular formula is C13H18F6O4. The Balaban J connectivity index is 3.35. The zero-order chi connectivity index (χ0) is 17.9. The molecule has 0 bridgehead atoms. The predicted molar refractivity (Wildman–Crippen MR) is 66.3 cm³/mol. The van der Waals surface area contributed by atoms with Gasteiger partial charge >= 0.3 is 24.3 Å². The number of alkyl halides is 6. The summed E-state index contributed by atoms with van der Waals surface area (Å²) >= 11 is 0. The minimum atomic E-state index is -4.98. The molecule has 0 atom stereocenters. The van der Waals surface area contributed by atoms with Crippen molar-refractivity contribution in [2.24, 2.45) is 0 Å². The van der Waals surface area contributed by atoms with Gasteiger partial charge in [-0.1, -0.05) is 32.1 Å². The maximum atomic E-state index is 11.8. The number of halogens is 6. The van der Waals surface area contributed by atoms with Gasteiger partial charge in [-0.3, -0.25) is 0 Å². The number of unbranched alkanes of at least 4 members (excludes halogenated alkanes) is 6. The molecule has 0 radical (unpaired) electrons. The lowest BCUT2D eigenvalue weighted by atomic mass is 10.1. The number of rotatable bonds is 10. The van der Waals surface area contributed by atoms with Gasteiger partial charge in [0.25, 0.3) is 0 Å². The third kappa shape index (κ3) is 11.7. The molecule has 0 aliphatic rings. The van der Waals surface area contributed by atoms with Crippen LogP contribution in [0.25, 0.3) is 0 Å². The van der Waals surface area contributed by atoms with Crippen molar-refractivity contribution in [1.29, 1.82) is 0 Å². The second-order valence-electron chi connectivity index (χ2n) is 4.74. The summed E-state index contributed by atoms with van der Waals surface area (Å²) in [4.78, 5) is 20.7. The number of hydrogen-bond donors (Lipinski definition) is 0. The summed E-state index contributed by atoms with van der Waals surface area (Å²) in [5, 5.41) is 0. The number of esters is 2. The molecule has 0 N–H and O–H groups in total. The van der Waals surface area contributed by atoms with E-state index in [-0.39, 0.29) is 13.2 Å². The molecule has 136 valence electrons. The van der Waals surface area contributed by atoms with Gasteiger partial charge in [0.1, 0.15) is 0 Å². The van der Waals surface area contributed by atoms with Gasteiger partial charge in [0.05, 0.1) is 13.2 Å². The standard InChI is InChI=1S/C13H18F6O4/c14-12(15,16)10(20)22-8-6-4-2-1-3-5-7-9-23-11(21)13(17,18)19/h1-9H2. The molecule has 0 rings (SSSR count). The summed E-state index contributed by atoms with van der Waals surface area (Å²) in [6.45, 7) is -0.600. The summed E-state index contributed by atoms with van der Waals surface area (Å²) in [6, 6.07) is 0. The van der Waals surface area contributed by atoms with E-state index in [0.717, 1.165) is 6.42 Å². The first-order valence-corrected chi connectivity index (χ1v) is 7.03. The average Bonchev–Trinajstić information content (AvgIpc) is 2.42. The van der Waals surface area contributed by atoms with E-state index in [1.165, 1.54) is 0 Å². The zero-order valence-electron chi connectivity index (χ0n) is 12.3. The topological polar surface area (TPSA) is 52.6 Å². The molecule has 0 amide bonds. The molecule has 0 fully saturated rings. The summed E-state index contributed by atoms with van der Waals surface area (Å²) in [5.74, 6) is -4.41. The summed E-state index contributed by atoms with van der Waals surface area (Å²) in [6.07, 6.45) is -6.04. The normalized spacial score (nSPS) is 12.1. The molecule has 0 aromatic rings. The molecule has 0 unspecified atom stereocenters. The molecule has 0 saturated carbocycles. The second kappa shape index (κ2) is 10.3. The van der Waals surface area contributed by atoms with E-state index >= 15 is 0 Å². The van der Waals surface area contributed by atoms with Gasteiger partial charge in [0.2, 0.25) is 0 Å². The van der Waals surface area contributed by atoms with Gasteiger partial charge in [-0.25, -0.2) is 9.59 Å². The van der Waals surface area contributed by atoms with Crippen molar-refractivity contribution in [2.75, 3.05) is 13.2 Å². The first-order valence-electron chi connectivity index (χ1n) is 7.03. The minimum Gasteiger partial charge on any atom is -0.459 e. The van der Waals surface area contributed by atoms with Crippen LogP contribution in [0.1, 0.15) is 44.9 Å². The van der Waals surface area contributed by atoms with Crippen LogP contribution in [0, 0.1) is 0 Å². The fourth-order valence-electron chi connectivity index (χ4n) is 1.58. The highest BCUT2D eigenvalue weighted by molar-refractivity contribution is 5.75. The highest BCUT2D eigenvalue weighted by Gasteiger charge is 2.41. The number of carbonyl (C=O) groups excluding carboxylic acids is 2. The van der Waals surface area contributed by atoms with Crippen LogP contribution < -0.4 is 0 Å². The highest BCUT2D eigenvalue weighted by atomic mass is 19.4. The van der Waals surface area contributed by atoms with Crippen LogP contribution in [0.2, 0.25) is 0 Å². The van der Waals surface area contributed by atoms with Gasteiger partial charge < -0.3 is 9.47 Å². The Labute approximate surface area is 129 Å². The van der Waals surface area contributed by atoms with Crippen molar-refractivity contribution < 1.29 is 45.4 Å². The molecule has 0 aliphatic carbocycles. The van der Waals surface area contributed by atoms with Gasteiger partial charge in [-0.15, -0.1) is 0 Å². The predicted octanol–water partition coefficient (Wildman–Crippen LogP) is 3.93. The van der Waals surface area contributed by atoms with Gasteiger partial charge in [-0.05, 0) is 12.8 Å². The number of ether oxygens (including phenoxy) is 2. The Morgan fingerprint density at radius 2 is 0.826 bits per heavy atom. The van der Waals surface area contributed by atoms with Crippen LogP contribution in [-0.2, 0) is 19.1 Å². The molecule has 0 aromatic heterocycles. The molecule has 10 heteroatoms. The van der Waals surface area contributed by atoms with Crippen molar-refractivity contribution in [2.45, 2.75) is 57.3 Å². The smallest absolute Gasteiger partial charge is 0.459 e. The van der Waals surface area contributed by atoms with E-state index in [4.69, 9.17) is 0 Å². The second-order valence-corrected chi connectivity index (χ2v) is 4.74. The van der Waals surface area contributed by atoms with Gasteiger partial charge in [0.15, 0.2) is 0 Å². The van der Waals surface area contributed by atoms with Crippen LogP contribution >= 0.6 is 0 Å². The summed E-state index contributed by atoms with van der Waals surface area (Å²) in [7, 11) is 0. The van der Waals surface area contributed by atoms with E-state index in [1.807, 2.05) is 0 Å². The van der Waals surface area contributed by atoms with Crippen molar-refractivity contribution in [1.82, 2.24) is 0 Å². The van der Waals surface area contributed by atoms with E-state index < -0.39 is 24.3 Å². The van der Waals surface area contributed by atoms with Crippen molar-refractivity contribution in [3.8, 4) is 0 Å². The third-order valence-electron chi connectivity index (χ3n) is 2.72. The lowest BCUT2D eigenvalue weighted by Gasteiger charge is -2.07. The first kappa shape index (κ1) is 21.5. The van der Waals surface area contributed by atoms with Crippen LogP contribution in [0.15, 0.2) is 0 Å². The SMILES string of the molecule is O=C(OCCCCCCCCCOC(=O)C(F)(F)F)C(F)(F)F. The van der Waals surface area contributed by atoms with Crippen LogP contribution in [0.3, 0.4) is 0 Å². The lowest BCUT2D eigenvalue weighted by Crippen LogP contribution is -2.25. The van der Waals surface area contributed by atoms with Crippen molar-refractivity contribution in [3.63, 3.8) is 0 Å². The third-order valence-corrected chi connectivity index (χ3v) is 2.72. The fourth-order valence-corrected chi connectivity index (χ4v) is 1.58. The van der Waals surface area contributed by atoms with Crippen molar-refractivity contribution in [3.05, 3.63) is 0 Å². The molecule has 23 heavy (non-hydrogen) atoms. The molecule has 0 heterocycles. The largest absolute Gasteiger partial charge is 0.490 e. The summed E-state index contributed by atoms with van der Waals surface area (Å²) < 4.78 is 78.7. The zero-order valence-corrected chi connectivity index (χ0v) is 12.3. The fraction of sp³-hybridized carbons (Fsp3) is 0.846. The van der Waals surface area contributed by atoms with Crippen LogP contribution in [-0.4, -0.2) is 37.5 Å². The lowest BCUT2D eigenvalue weighted by molar-refractivity contribution is -0.199. The molecule has 0 aliphatic heterocycles. The van der Waals surface area contributed by atoms with Gasteiger partial charge in [-0.2, -0.15) is 26.3 Å². The number of carbonyl (C=O) groups is 2. The quantitative estimate of drug-likeness (QED) is 0.340. The van der Waals surface area contributed by atoms with E-state index in [1.54, 1.807) is 0 Å². The molecule has 0 saturated heterocycles. The van der Waals surface area contributed by atoms with E-state index in [2.05, 4.69) is 9.47 Å². The van der Waals surface area contributed by atoms with Crippen LogP contribution in [0.5, 0.6) is 0 Å². The Morgan fingerprint density at radius 3 is 1.09 bits per heavy atom. The van der Waals surface area contributed by atoms with E-state index in [9.17, 15) is 35.9 Å².